The van der Waals surface area contributed by atoms with Gasteiger partial charge in [0.05, 0.1) is 0 Å². The number of rotatable bonds is 3. The van der Waals surface area contributed by atoms with Gasteiger partial charge in [0.25, 0.3) is 0 Å². The van der Waals surface area contributed by atoms with E-state index in [1.165, 1.54) is 0 Å². The molecule has 0 bridgehead atoms. The van der Waals surface area contributed by atoms with Crippen molar-refractivity contribution in [2.24, 2.45) is 5.41 Å². The van der Waals surface area contributed by atoms with E-state index < -0.39 is 0 Å². The monoisotopic (exact) mass is 199 g/mol. The summed E-state index contributed by atoms with van der Waals surface area (Å²) in [6, 6.07) is 0.404. The summed E-state index contributed by atoms with van der Waals surface area (Å²) in [4.78, 5) is 13.2. The first-order valence-corrected chi connectivity index (χ1v) is 5.15. The van der Waals surface area contributed by atoms with Gasteiger partial charge in [0.1, 0.15) is 0 Å². The normalized spacial score (nSPS) is 19.7. The van der Waals surface area contributed by atoms with Gasteiger partial charge in [0.15, 0.2) is 0 Å². The number of hydrogen-bond donors (Lipinski definition) is 2. The Kier molecular flexibility index (Phi) is 3.37. The summed E-state index contributed by atoms with van der Waals surface area (Å²) in [7, 11) is 1.95. The Labute approximate surface area is 86.0 Å². The molecule has 1 aliphatic rings. The number of amides is 2. The van der Waals surface area contributed by atoms with E-state index in [0.29, 0.717) is 6.04 Å². The molecule has 1 rings (SSSR count). The molecule has 82 valence electrons. The van der Waals surface area contributed by atoms with E-state index in [1.54, 1.807) is 0 Å². The number of carbonyl (C=O) groups excluding carboxylic acids is 1. The summed E-state index contributed by atoms with van der Waals surface area (Å²) in [5.41, 5.74) is 0.178. The lowest BCUT2D eigenvalue weighted by Crippen LogP contribution is -2.48. The predicted molar refractivity (Wildman–Crippen MR) is 57.3 cm³/mol. The average molecular weight is 199 g/mol. The van der Waals surface area contributed by atoms with Crippen LogP contribution in [0, 0.1) is 5.41 Å². The van der Waals surface area contributed by atoms with Crippen LogP contribution >= 0.6 is 0 Å². The molecule has 0 spiro atoms. The fourth-order valence-corrected chi connectivity index (χ4v) is 1.70. The van der Waals surface area contributed by atoms with E-state index in [-0.39, 0.29) is 11.4 Å². The van der Waals surface area contributed by atoms with Crippen LogP contribution in [-0.2, 0) is 0 Å². The fourth-order valence-electron chi connectivity index (χ4n) is 1.70. The third-order valence-corrected chi connectivity index (χ3v) is 2.74. The number of urea groups is 1. The molecule has 1 saturated heterocycles. The zero-order valence-corrected chi connectivity index (χ0v) is 9.55. The van der Waals surface area contributed by atoms with E-state index >= 15 is 0 Å². The number of carbonyl (C=O) groups is 1. The summed E-state index contributed by atoms with van der Waals surface area (Å²) in [5, 5.41) is 6.08. The first-order chi connectivity index (χ1) is 6.45. The Balaban J connectivity index is 2.52. The van der Waals surface area contributed by atoms with Gasteiger partial charge >= 0.3 is 6.03 Å². The maximum Gasteiger partial charge on any atom is 0.317 e. The van der Waals surface area contributed by atoms with Crippen molar-refractivity contribution in [2.75, 3.05) is 26.7 Å². The molecular formula is C10H21N3O. The van der Waals surface area contributed by atoms with Gasteiger partial charge < -0.3 is 15.5 Å². The first kappa shape index (κ1) is 11.3. The van der Waals surface area contributed by atoms with Gasteiger partial charge in [-0.1, -0.05) is 20.8 Å². The minimum absolute atomic E-state index is 0.0644. The molecule has 0 aromatic rings. The second-order valence-corrected chi connectivity index (χ2v) is 4.89. The lowest BCUT2D eigenvalue weighted by atomic mass is 9.86. The lowest BCUT2D eigenvalue weighted by Gasteiger charge is -2.33. The maximum atomic E-state index is 11.3. The van der Waals surface area contributed by atoms with Crippen LogP contribution in [0.3, 0.4) is 0 Å². The highest BCUT2D eigenvalue weighted by atomic mass is 16.2. The predicted octanol–water partition coefficient (Wildman–Crippen LogP) is 0.646. The second kappa shape index (κ2) is 4.17. The summed E-state index contributed by atoms with van der Waals surface area (Å²) < 4.78 is 0. The minimum atomic E-state index is 0.0644. The molecule has 0 aromatic heterocycles. The highest BCUT2D eigenvalue weighted by Crippen LogP contribution is 2.20. The Morgan fingerprint density at radius 1 is 1.57 bits per heavy atom. The van der Waals surface area contributed by atoms with Crippen molar-refractivity contribution in [2.45, 2.75) is 26.8 Å². The molecule has 0 saturated carbocycles. The van der Waals surface area contributed by atoms with Crippen molar-refractivity contribution in [1.29, 1.82) is 0 Å². The summed E-state index contributed by atoms with van der Waals surface area (Å²) in [6.45, 7) is 8.94. The van der Waals surface area contributed by atoms with Gasteiger partial charge in [0.2, 0.25) is 0 Å². The first-order valence-electron chi connectivity index (χ1n) is 5.15. The number of likely N-dealkylation sites (N-methyl/N-ethyl adjacent to an activating group) is 1. The summed E-state index contributed by atoms with van der Waals surface area (Å²) in [5.74, 6) is 0. The van der Waals surface area contributed by atoms with E-state index in [9.17, 15) is 4.79 Å². The molecule has 2 N–H and O–H groups in total. The van der Waals surface area contributed by atoms with Crippen LogP contribution in [0.4, 0.5) is 4.79 Å². The smallest absolute Gasteiger partial charge is 0.317 e. The zero-order valence-electron chi connectivity index (χ0n) is 9.55. The summed E-state index contributed by atoms with van der Waals surface area (Å²) in [6.07, 6.45) is 0. The van der Waals surface area contributed by atoms with Crippen LogP contribution in [0.25, 0.3) is 0 Å². The Morgan fingerprint density at radius 2 is 2.21 bits per heavy atom. The van der Waals surface area contributed by atoms with Gasteiger partial charge in [0, 0.05) is 25.7 Å². The molecule has 1 unspecified atom stereocenters. The third kappa shape index (κ3) is 2.61. The van der Waals surface area contributed by atoms with E-state index in [2.05, 4.69) is 31.4 Å². The second-order valence-electron chi connectivity index (χ2n) is 4.89. The molecule has 4 heteroatoms. The molecule has 1 atom stereocenters. The van der Waals surface area contributed by atoms with Crippen LogP contribution in [0.1, 0.15) is 20.8 Å². The van der Waals surface area contributed by atoms with Crippen LogP contribution in [0.5, 0.6) is 0 Å². The van der Waals surface area contributed by atoms with E-state index in [1.807, 2.05) is 11.9 Å². The fraction of sp³-hybridized carbons (Fsp3) is 0.900. The third-order valence-electron chi connectivity index (χ3n) is 2.74. The molecule has 1 fully saturated rings. The van der Waals surface area contributed by atoms with Crippen molar-refractivity contribution >= 4 is 6.03 Å². The van der Waals surface area contributed by atoms with E-state index in [4.69, 9.17) is 0 Å². The quantitative estimate of drug-likeness (QED) is 0.701. The molecule has 0 aromatic carbocycles. The van der Waals surface area contributed by atoms with Crippen molar-refractivity contribution in [1.82, 2.24) is 15.5 Å². The van der Waals surface area contributed by atoms with Crippen molar-refractivity contribution in [3.8, 4) is 0 Å². The highest BCUT2D eigenvalue weighted by molar-refractivity contribution is 5.76. The Hall–Kier alpha value is -0.770. The molecular weight excluding hydrogens is 178 g/mol. The molecule has 4 nitrogen and oxygen atoms in total. The number of hydrogen-bond acceptors (Lipinski definition) is 2. The standard InChI is InChI=1S/C10H21N3O/c1-10(2,3)8(11-4)7-13-6-5-12-9(13)14/h8,11H,5-7H2,1-4H3,(H,12,14). The van der Waals surface area contributed by atoms with E-state index in [0.717, 1.165) is 19.6 Å². The van der Waals surface area contributed by atoms with Gasteiger partial charge in [-0.25, -0.2) is 4.79 Å². The molecule has 1 heterocycles. The number of nitrogens with zero attached hydrogens (tertiary/aromatic N) is 1. The maximum absolute atomic E-state index is 11.3. The minimum Gasteiger partial charge on any atom is -0.336 e. The Bertz CT molecular complexity index is 210. The SMILES string of the molecule is CNC(CN1CCNC1=O)C(C)(C)C. The van der Waals surface area contributed by atoms with Crippen molar-refractivity contribution in [3.05, 3.63) is 0 Å². The van der Waals surface area contributed by atoms with Crippen LogP contribution < -0.4 is 10.6 Å². The topological polar surface area (TPSA) is 44.4 Å². The zero-order chi connectivity index (χ0) is 10.8. The van der Waals surface area contributed by atoms with Crippen molar-refractivity contribution in [3.63, 3.8) is 0 Å². The Morgan fingerprint density at radius 3 is 2.57 bits per heavy atom. The van der Waals surface area contributed by atoms with Gasteiger partial charge in [-0.3, -0.25) is 0 Å². The summed E-state index contributed by atoms with van der Waals surface area (Å²) >= 11 is 0. The molecule has 0 aliphatic carbocycles. The van der Waals surface area contributed by atoms with Gasteiger partial charge in [-0.2, -0.15) is 0 Å². The molecule has 1 aliphatic heterocycles. The number of nitrogens with one attached hydrogen (secondary N) is 2. The van der Waals surface area contributed by atoms with Gasteiger partial charge in [-0.05, 0) is 12.5 Å². The van der Waals surface area contributed by atoms with Gasteiger partial charge in [-0.15, -0.1) is 0 Å². The molecule has 2 amide bonds. The largest absolute Gasteiger partial charge is 0.336 e. The van der Waals surface area contributed by atoms with Crippen LogP contribution in [-0.4, -0.2) is 43.7 Å². The van der Waals surface area contributed by atoms with Crippen molar-refractivity contribution < 1.29 is 4.79 Å². The highest BCUT2D eigenvalue weighted by Gasteiger charge is 2.28. The van der Waals surface area contributed by atoms with Crippen LogP contribution in [0.2, 0.25) is 0 Å². The average Bonchev–Trinajstić information content (AvgIpc) is 2.45. The molecule has 0 radical (unpaired) electrons. The molecule has 14 heavy (non-hydrogen) atoms. The lowest BCUT2D eigenvalue weighted by molar-refractivity contribution is 0.188. The van der Waals surface area contributed by atoms with Crippen LogP contribution in [0.15, 0.2) is 0 Å².